The molecule has 0 aliphatic heterocycles. The van der Waals surface area contributed by atoms with Crippen LogP contribution >= 0.6 is 23.2 Å². The normalized spacial score (nSPS) is 10.1. The number of anilines is 1. The molecule has 0 heterocycles. The summed E-state index contributed by atoms with van der Waals surface area (Å²) in [5, 5.41) is 16.7. The second-order valence-corrected chi connectivity index (χ2v) is 6.19. The number of nitro groups is 1. The van der Waals surface area contributed by atoms with E-state index in [1.165, 1.54) is 30.3 Å². The molecule has 142 valence electrons. The lowest BCUT2D eigenvalue weighted by atomic mass is 10.2. The molecule has 10 heteroatoms. The minimum absolute atomic E-state index is 0.00309. The van der Waals surface area contributed by atoms with Crippen molar-refractivity contribution >= 4 is 46.5 Å². The van der Waals surface area contributed by atoms with E-state index in [-0.39, 0.29) is 27.8 Å². The Kier molecular flexibility index (Phi) is 7.39. The molecule has 0 unspecified atom stereocenters. The van der Waals surface area contributed by atoms with Gasteiger partial charge in [0.15, 0.2) is 6.61 Å². The predicted molar refractivity (Wildman–Crippen MR) is 101 cm³/mol. The Morgan fingerprint density at radius 1 is 1.04 bits per heavy atom. The minimum Gasteiger partial charge on any atom is -0.452 e. The van der Waals surface area contributed by atoms with E-state index in [4.69, 9.17) is 27.9 Å². The van der Waals surface area contributed by atoms with Gasteiger partial charge in [-0.15, -0.1) is 0 Å². The first-order valence-corrected chi connectivity index (χ1v) is 8.49. The number of hydrogen-bond acceptors (Lipinski definition) is 6. The lowest BCUT2D eigenvalue weighted by Gasteiger charge is -2.09. The lowest BCUT2D eigenvalue weighted by Crippen LogP contribution is -2.32. The van der Waals surface area contributed by atoms with Crippen LogP contribution in [0.15, 0.2) is 42.5 Å². The summed E-state index contributed by atoms with van der Waals surface area (Å²) in [5.41, 5.74) is 0.830. The highest BCUT2D eigenvalue weighted by molar-refractivity contribution is 6.35. The number of non-ortho nitro benzene ring substituents is 1. The molecule has 0 aliphatic rings. The first-order chi connectivity index (χ1) is 12.8. The van der Waals surface area contributed by atoms with Gasteiger partial charge in [-0.1, -0.05) is 23.2 Å². The summed E-state index contributed by atoms with van der Waals surface area (Å²) in [4.78, 5) is 33.7. The topological polar surface area (TPSA) is 111 Å². The summed E-state index contributed by atoms with van der Waals surface area (Å²) in [5.74, 6) is -1.18. The van der Waals surface area contributed by atoms with Crippen LogP contribution in [0, 0.1) is 10.1 Å². The smallest absolute Gasteiger partial charge is 0.338 e. The van der Waals surface area contributed by atoms with Crippen LogP contribution in [-0.2, 0) is 9.53 Å². The molecule has 27 heavy (non-hydrogen) atoms. The molecule has 0 aromatic heterocycles. The summed E-state index contributed by atoms with van der Waals surface area (Å²) in [6.07, 6.45) is 0. The first kappa shape index (κ1) is 20.5. The number of amides is 1. The molecule has 0 atom stereocenters. The molecular formula is C17H15Cl2N3O5. The Bertz CT molecular complexity index is 823. The van der Waals surface area contributed by atoms with Crippen molar-refractivity contribution in [1.29, 1.82) is 0 Å². The largest absolute Gasteiger partial charge is 0.452 e. The van der Waals surface area contributed by atoms with Crippen molar-refractivity contribution in [2.45, 2.75) is 0 Å². The van der Waals surface area contributed by atoms with E-state index in [9.17, 15) is 19.7 Å². The zero-order chi connectivity index (χ0) is 19.8. The van der Waals surface area contributed by atoms with Crippen LogP contribution in [0.5, 0.6) is 0 Å². The quantitative estimate of drug-likeness (QED) is 0.298. The molecule has 1 amide bonds. The summed E-state index contributed by atoms with van der Waals surface area (Å²) in [6, 6.07) is 10.1. The average molecular weight is 412 g/mol. The number of benzene rings is 2. The van der Waals surface area contributed by atoms with Crippen LogP contribution in [0.4, 0.5) is 11.4 Å². The zero-order valence-corrected chi connectivity index (χ0v) is 15.4. The van der Waals surface area contributed by atoms with Crippen molar-refractivity contribution in [1.82, 2.24) is 5.32 Å². The molecule has 0 aliphatic carbocycles. The molecule has 0 bridgehead atoms. The maximum absolute atomic E-state index is 11.9. The number of nitrogens with zero attached hydrogens (tertiary/aromatic N) is 1. The molecular weight excluding hydrogens is 397 g/mol. The highest BCUT2D eigenvalue weighted by atomic mass is 35.5. The lowest BCUT2D eigenvalue weighted by molar-refractivity contribution is -0.384. The van der Waals surface area contributed by atoms with E-state index >= 15 is 0 Å². The van der Waals surface area contributed by atoms with Gasteiger partial charge in [-0.25, -0.2) is 4.79 Å². The minimum atomic E-state index is -0.710. The Morgan fingerprint density at radius 2 is 1.67 bits per heavy atom. The Balaban J connectivity index is 1.68. The maximum atomic E-state index is 11.9. The molecule has 2 N–H and O–H groups in total. The summed E-state index contributed by atoms with van der Waals surface area (Å²) in [6.45, 7) is 0.220. The molecule has 2 aromatic rings. The number of esters is 1. The van der Waals surface area contributed by atoms with Crippen LogP contribution in [0.3, 0.4) is 0 Å². The maximum Gasteiger partial charge on any atom is 0.338 e. The average Bonchev–Trinajstić information content (AvgIpc) is 2.62. The summed E-state index contributed by atoms with van der Waals surface area (Å²) in [7, 11) is 0. The van der Waals surface area contributed by atoms with Gasteiger partial charge in [-0.2, -0.15) is 0 Å². The molecule has 8 nitrogen and oxygen atoms in total. The van der Waals surface area contributed by atoms with Gasteiger partial charge in [-0.3, -0.25) is 14.9 Å². The van der Waals surface area contributed by atoms with Crippen molar-refractivity contribution < 1.29 is 19.2 Å². The van der Waals surface area contributed by atoms with Gasteiger partial charge < -0.3 is 15.4 Å². The third kappa shape index (κ3) is 6.76. The van der Waals surface area contributed by atoms with E-state index < -0.39 is 23.4 Å². The second kappa shape index (κ2) is 9.75. The van der Waals surface area contributed by atoms with E-state index in [1.807, 2.05) is 0 Å². The van der Waals surface area contributed by atoms with Gasteiger partial charge in [0.25, 0.3) is 11.6 Å². The van der Waals surface area contributed by atoms with Gasteiger partial charge >= 0.3 is 5.97 Å². The van der Waals surface area contributed by atoms with E-state index in [2.05, 4.69) is 10.6 Å². The van der Waals surface area contributed by atoms with Gasteiger partial charge in [-0.05, 0) is 30.3 Å². The molecule has 0 fully saturated rings. The number of halogens is 2. The Morgan fingerprint density at radius 3 is 2.26 bits per heavy atom. The predicted octanol–water partition coefficient (Wildman–Crippen LogP) is 3.29. The first-order valence-electron chi connectivity index (χ1n) is 7.73. The summed E-state index contributed by atoms with van der Waals surface area (Å²) < 4.78 is 4.90. The molecule has 2 aromatic carbocycles. The second-order valence-electron chi connectivity index (χ2n) is 5.31. The number of ether oxygens (including phenoxy) is 1. The fourth-order valence-electron chi connectivity index (χ4n) is 2.05. The van der Waals surface area contributed by atoms with Crippen molar-refractivity contribution in [3.8, 4) is 0 Å². The molecule has 0 spiro atoms. The van der Waals surface area contributed by atoms with E-state index in [0.717, 1.165) is 0 Å². The number of hydrogen-bond donors (Lipinski definition) is 2. The number of nitro benzene ring substituents is 1. The Labute approximate surface area is 164 Å². The van der Waals surface area contributed by atoms with E-state index in [1.54, 1.807) is 12.1 Å². The van der Waals surface area contributed by atoms with Crippen LogP contribution in [-0.4, -0.2) is 36.5 Å². The van der Waals surface area contributed by atoms with Gasteiger partial charge in [0.05, 0.1) is 10.5 Å². The monoisotopic (exact) mass is 411 g/mol. The molecule has 2 rings (SSSR count). The third-order valence-electron chi connectivity index (χ3n) is 3.29. The molecule has 0 radical (unpaired) electrons. The fraction of sp³-hybridized carbons (Fsp3) is 0.176. The van der Waals surface area contributed by atoms with Crippen LogP contribution in [0.2, 0.25) is 10.0 Å². The standard InChI is InChI=1S/C17H15Cl2N3O5/c18-12-7-11(8-13(19)9-12)17(24)27-10-16(23)21-6-5-20-14-1-3-15(4-2-14)22(25)26/h1-4,7-9,20H,5-6,10H2,(H,21,23). The van der Waals surface area contributed by atoms with Crippen LogP contribution in [0.1, 0.15) is 10.4 Å². The Hall–Kier alpha value is -2.84. The van der Waals surface area contributed by atoms with Crippen LogP contribution < -0.4 is 10.6 Å². The van der Waals surface area contributed by atoms with Crippen molar-refractivity contribution in [2.24, 2.45) is 0 Å². The van der Waals surface area contributed by atoms with E-state index in [0.29, 0.717) is 12.2 Å². The number of carbonyl (C=O) groups excluding carboxylic acids is 2. The van der Waals surface area contributed by atoms with Gasteiger partial charge in [0, 0.05) is 41.0 Å². The van der Waals surface area contributed by atoms with Gasteiger partial charge in [0.2, 0.25) is 0 Å². The fourth-order valence-corrected chi connectivity index (χ4v) is 2.57. The third-order valence-corrected chi connectivity index (χ3v) is 3.72. The SMILES string of the molecule is O=C(COC(=O)c1cc(Cl)cc(Cl)c1)NCCNc1ccc([N+](=O)[O-])cc1. The van der Waals surface area contributed by atoms with Crippen molar-refractivity contribution in [2.75, 3.05) is 25.0 Å². The van der Waals surface area contributed by atoms with Gasteiger partial charge in [0.1, 0.15) is 0 Å². The number of nitrogens with one attached hydrogen (secondary N) is 2. The number of carbonyl (C=O) groups is 2. The van der Waals surface area contributed by atoms with Crippen molar-refractivity contribution in [3.63, 3.8) is 0 Å². The summed E-state index contributed by atoms with van der Waals surface area (Å²) >= 11 is 11.6. The van der Waals surface area contributed by atoms with Crippen molar-refractivity contribution in [3.05, 3.63) is 68.2 Å². The highest BCUT2D eigenvalue weighted by Gasteiger charge is 2.11. The highest BCUT2D eigenvalue weighted by Crippen LogP contribution is 2.19. The zero-order valence-electron chi connectivity index (χ0n) is 13.9. The number of rotatable bonds is 8. The molecule has 0 saturated heterocycles. The van der Waals surface area contributed by atoms with Crippen LogP contribution in [0.25, 0.3) is 0 Å². The molecule has 0 saturated carbocycles.